The van der Waals surface area contributed by atoms with Gasteiger partial charge in [-0.25, -0.2) is 0 Å². The molecule has 1 aliphatic heterocycles. The first-order chi connectivity index (χ1) is 11.9. The van der Waals surface area contributed by atoms with Crippen molar-refractivity contribution in [2.75, 3.05) is 19.6 Å². The molecule has 0 bridgehead atoms. The van der Waals surface area contributed by atoms with Crippen LogP contribution in [0, 0.1) is 0 Å². The second kappa shape index (κ2) is 8.37. The maximum Gasteiger partial charge on any atom is 0.136 e. The summed E-state index contributed by atoms with van der Waals surface area (Å²) >= 11 is 0. The summed E-state index contributed by atoms with van der Waals surface area (Å²) in [5.41, 5.74) is 1.25. The summed E-state index contributed by atoms with van der Waals surface area (Å²) in [5.74, 6) is 0.973. The van der Waals surface area contributed by atoms with Crippen LogP contribution in [-0.4, -0.2) is 24.5 Å². The number of benzene rings is 3. The topological polar surface area (TPSA) is 12.5 Å². The Balaban J connectivity index is 0.00000182. The molecule has 1 heterocycles. The van der Waals surface area contributed by atoms with Gasteiger partial charge in [-0.15, -0.1) is 12.4 Å². The van der Waals surface area contributed by atoms with E-state index in [0.29, 0.717) is 0 Å². The first-order valence-corrected chi connectivity index (χ1v) is 8.82. The first-order valence-electron chi connectivity index (χ1n) is 8.82. The SMILES string of the molecule is Cl.c1ccc(C(CN2CCCC2)Oc2cccc3ccccc23)cc1. The largest absolute Gasteiger partial charge is 0.484 e. The summed E-state index contributed by atoms with van der Waals surface area (Å²) in [5, 5.41) is 2.41. The predicted molar refractivity (Wildman–Crippen MR) is 107 cm³/mol. The maximum atomic E-state index is 6.53. The quantitative estimate of drug-likeness (QED) is 0.602. The smallest absolute Gasteiger partial charge is 0.136 e. The van der Waals surface area contributed by atoms with Crippen molar-refractivity contribution in [2.24, 2.45) is 0 Å². The Labute approximate surface area is 155 Å². The number of hydrogen-bond donors (Lipinski definition) is 0. The van der Waals surface area contributed by atoms with Crippen LogP contribution in [0.4, 0.5) is 0 Å². The van der Waals surface area contributed by atoms with Crippen LogP contribution in [-0.2, 0) is 0 Å². The molecule has 4 rings (SSSR count). The van der Waals surface area contributed by atoms with Crippen molar-refractivity contribution in [3.05, 3.63) is 78.4 Å². The van der Waals surface area contributed by atoms with E-state index >= 15 is 0 Å². The molecular weight excluding hydrogens is 330 g/mol. The molecule has 1 fully saturated rings. The minimum Gasteiger partial charge on any atom is -0.484 e. The van der Waals surface area contributed by atoms with E-state index in [-0.39, 0.29) is 18.5 Å². The Morgan fingerprint density at radius 1 is 0.800 bits per heavy atom. The van der Waals surface area contributed by atoms with Gasteiger partial charge in [-0.05, 0) is 42.9 Å². The molecule has 1 atom stereocenters. The molecule has 1 saturated heterocycles. The van der Waals surface area contributed by atoms with Crippen LogP contribution in [0.2, 0.25) is 0 Å². The van der Waals surface area contributed by atoms with Crippen LogP contribution in [0.1, 0.15) is 24.5 Å². The number of hydrogen-bond acceptors (Lipinski definition) is 2. The minimum atomic E-state index is 0. The first kappa shape index (κ1) is 17.8. The lowest BCUT2D eigenvalue weighted by molar-refractivity contribution is 0.150. The third-order valence-electron chi connectivity index (χ3n) is 4.81. The zero-order valence-corrected chi connectivity index (χ0v) is 15.1. The molecule has 0 N–H and O–H groups in total. The van der Waals surface area contributed by atoms with Crippen molar-refractivity contribution in [1.82, 2.24) is 4.90 Å². The van der Waals surface area contributed by atoms with Crippen molar-refractivity contribution >= 4 is 23.2 Å². The molecule has 3 aromatic rings. The van der Waals surface area contributed by atoms with Crippen LogP contribution >= 0.6 is 12.4 Å². The number of fused-ring (bicyclic) bond motifs is 1. The number of halogens is 1. The van der Waals surface area contributed by atoms with Gasteiger partial charge in [0.15, 0.2) is 0 Å². The second-order valence-corrected chi connectivity index (χ2v) is 6.50. The van der Waals surface area contributed by atoms with Crippen molar-refractivity contribution in [2.45, 2.75) is 18.9 Å². The minimum absolute atomic E-state index is 0. The highest BCUT2D eigenvalue weighted by Gasteiger charge is 2.21. The summed E-state index contributed by atoms with van der Waals surface area (Å²) in [6, 6.07) is 25.3. The summed E-state index contributed by atoms with van der Waals surface area (Å²) in [7, 11) is 0. The van der Waals surface area contributed by atoms with Crippen molar-refractivity contribution < 1.29 is 4.74 Å². The zero-order chi connectivity index (χ0) is 16.2. The number of likely N-dealkylation sites (tertiary alicyclic amines) is 1. The third-order valence-corrected chi connectivity index (χ3v) is 4.81. The molecule has 1 unspecified atom stereocenters. The second-order valence-electron chi connectivity index (χ2n) is 6.50. The Morgan fingerprint density at radius 2 is 1.48 bits per heavy atom. The highest BCUT2D eigenvalue weighted by atomic mass is 35.5. The average molecular weight is 354 g/mol. The van der Waals surface area contributed by atoms with E-state index < -0.39 is 0 Å². The molecule has 25 heavy (non-hydrogen) atoms. The van der Waals surface area contributed by atoms with Crippen LogP contribution in [0.5, 0.6) is 5.75 Å². The fourth-order valence-electron chi connectivity index (χ4n) is 3.53. The molecule has 0 spiro atoms. The molecule has 1 aliphatic rings. The monoisotopic (exact) mass is 353 g/mol. The average Bonchev–Trinajstić information content (AvgIpc) is 3.15. The highest BCUT2D eigenvalue weighted by molar-refractivity contribution is 5.88. The van der Waals surface area contributed by atoms with Gasteiger partial charge >= 0.3 is 0 Å². The summed E-state index contributed by atoms with van der Waals surface area (Å²) in [4.78, 5) is 2.52. The Morgan fingerprint density at radius 3 is 2.28 bits per heavy atom. The fraction of sp³-hybridized carbons (Fsp3) is 0.273. The van der Waals surface area contributed by atoms with Crippen molar-refractivity contribution in [1.29, 1.82) is 0 Å². The van der Waals surface area contributed by atoms with Gasteiger partial charge in [0.2, 0.25) is 0 Å². The van der Waals surface area contributed by atoms with Crippen molar-refractivity contribution in [3.8, 4) is 5.75 Å². The van der Waals surface area contributed by atoms with Gasteiger partial charge in [0.25, 0.3) is 0 Å². The predicted octanol–water partition coefficient (Wildman–Crippen LogP) is 5.48. The van der Waals surface area contributed by atoms with Crippen molar-refractivity contribution in [3.63, 3.8) is 0 Å². The zero-order valence-electron chi connectivity index (χ0n) is 14.3. The van der Waals surface area contributed by atoms with Crippen LogP contribution in [0.3, 0.4) is 0 Å². The summed E-state index contributed by atoms with van der Waals surface area (Å²) < 4.78 is 6.53. The van der Waals surface area contributed by atoms with E-state index in [2.05, 4.69) is 77.7 Å². The Kier molecular flexibility index (Phi) is 5.95. The lowest BCUT2D eigenvalue weighted by Crippen LogP contribution is -2.28. The van der Waals surface area contributed by atoms with E-state index in [4.69, 9.17) is 4.74 Å². The maximum absolute atomic E-state index is 6.53. The van der Waals surface area contributed by atoms with E-state index in [9.17, 15) is 0 Å². The van der Waals surface area contributed by atoms with Crippen LogP contribution in [0.25, 0.3) is 10.8 Å². The van der Waals surface area contributed by atoms with E-state index in [1.54, 1.807) is 0 Å². The number of nitrogens with zero attached hydrogens (tertiary/aromatic N) is 1. The molecule has 130 valence electrons. The molecule has 3 heteroatoms. The van der Waals surface area contributed by atoms with Crippen LogP contribution < -0.4 is 4.74 Å². The Bertz CT molecular complexity index is 794. The van der Waals surface area contributed by atoms with E-state index in [0.717, 1.165) is 12.3 Å². The molecule has 0 amide bonds. The van der Waals surface area contributed by atoms with Gasteiger partial charge in [0, 0.05) is 11.9 Å². The van der Waals surface area contributed by atoms with Gasteiger partial charge in [-0.2, -0.15) is 0 Å². The van der Waals surface area contributed by atoms with Gasteiger partial charge in [0.1, 0.15) is 11.9 Å². The fourth-order valence-corrected chi connectivity index (χ4v) is 3.53. The number of rotatable bonds is 5. The molecule has 3 aromatic carbocycles. The third kappa shape index (κ3) is 4.15. The lowest BCUT2D eigenvalue weighted by atomic mass is 10.1. The summed E-state index contributed by atoms with van der Waals surface area (Å²) in [6.45, 7) is 3.32. The van der Waals surface area contributed by atoms with Gasteiger partial charge in [-0.1, -0.05) is 66.7 Å². The standard InChI is InChI=1S/C22H23NO.ClH/c1-2-10-19(11-3-1)22(17-23-15-6-7-16-23)24-21-14-8-12-18-9-4-5-13-20(18)21;/h1-5,8-14,22H,6-7,15-17H2;1H. The normalized spacial score (nSPS) is 15.7. The van der Waals surface area contributed by atoms with E-state index in [1.807, 2.05) is 0 Å². The molecule has 0 aromatic heterocycles. The molecule has 0 saturated carbocycles. The highest BCUT2D eigenvalue weighted by Crippen LogP contribution is 2.30. The summed E-state index contributed by atoms with van der Waals surface area (Å²) in [6.07, 6.45) is 2.67. The number of ether oxygens (including phenoxy) is 1. The van der Waals surface area contributed by atoms with Gasteiger partial charge in [0.05, 0.1) is 0 Å². The van der Waals surface area contributed by atoms with Crippen LogP contribution in [0.15, 0.2) is 72.8 Å². The molecule has 2 nitrogen and oxygen atoms in total. The Hall–Kier alpha value is -2.03. The molecule has 0 aliphatic carbocycles. The van der Waals surface area contributed by atoms with Gasteiger partial charge < -0.3 is 4.74 Å². The van der Waals surface area contributed by atoms with Gasteiger partial charge in [-0.3, -0.25) is 4.90 Å². The molecule has 0 radical (unpaired) electrons. The lowest BCUT2D eigenvalue weighted by Gasteiger charge is -2.25. The van der Waals surface area contributed by atoms with E-state index in [1.165, 1.54) is 42.3 Å². The molecular formula is C22H24ClNO.